The summed E-state index contributed by atoms with van der Waals surface area (Å²) in [7, 11) is 0. The van der Waals surface area contributed by atoms with Gasteiger partial charge in [0.15, 0.2) is 6.10 Å². The van der Waals surface area contributed by atoms with Crippen LogP contribution >= 0.6 is 0 Å². The quantitative estimate of drug-likeness (QED) is 0.0450. The first-order valence-corrected chi connectivity index (χ1v) is 18.5. The smallest absolute Gasteiger partial charge is 0.306 e. The van der Waals surface area contributed by atoms with E-state index in [1.165, 1.54) is 25.7 Å². The fourth-order valence-electron chi connectivity index (χ4n) is 4.69. The lowest BCUT2D eigenvalue weighted by atomic mass is 10.1. The Kier molecular flexibility index (Phi) is 34.7. The van der Waals surface area contributed by atoms with E-state index in [9.17, 15) is 14.7 Å². The van der Waals surface area contributed by atoms with Gasteiger partial charge in [-0.05, 0) is 83.5 Å². The van der Waals surface area contributed by atoms with Crippen LogP contribution in [0.15, 0.2) is 72.9 Å². The summed E-state index contributed by atoms with van der Waals surface area (Å²) in [6, 6.07) is 0. The topological polar surface area (TPSA) is 72.8 Å². The van der Waals surface area contributed by atoms with Crippen molar-refractivity contribution < 1.29 is 24.2 Å². The lowest BCUT2D eigenvalue weighted by molar-refractivity contribution is -0.161. The standard InChI is InChI=1S/C41H68O5/c1-3-5-7-9-11-13-15-17-19-20-22-23-25-27-29-31-33-35-40(43)45-38-39(37-42)46-41(44)36-34-32-30-28-26-24-21-18-16-14-12-10-8-6-4-2/h6,8,11-14,17-19,21-23,39,42H,3-5,7,9-10,15-16,20,24-38H2,1-2H3/b8-6+,13-11+,14-12+,19-17+,21-18+,23-22+/t39-/m0/s1. The number of rotatable bonds is 32. The molecule has 0 spiro atoms. The number of ether oxygens (including phenoxy) is 2. The van der Waals surface area contributed by atoms with Crippen molar-refractivity contribution in [2.75, 3.05) is 13.2 Å². The second kappa shape index (κ2) is 36.8. The Morgan fingerprint density at radius 2 is 0.935 bits per heavy atom. The highest BCUT2D eigenvalue weighted by atomic mass is 16.6. The molecule has 5 nitrogen and oxygen atoms in total. The summed E-state index contributed by atoms with van der Waals surface area (Å²) in [5.41, 5.74) is 0. The molecule has 0 saturated carbocycles. The summed E-state index contributed by atoms with van der Waals surface area (Å²) in [5.74, 6) is -0.644. The average Bonchev–Trinajstić information content (AvgIpc) is 3.06. The first-order valence-electron chi connectivity index (χ1n) is 18.5. The molecule has 0 aromatic rings. The highest BCUT2D eigenvalue weighted by Crippen LogP contribution is 2.11. The molecule has 0 amide bonds. The Labute approximate surface area is 283 Å². The molecule has 0 unspecified atom stereocenters. The summed E-state index contributed by atoms with van der Waals surface area (Å²) in [6.07, 6.45) is 48.1. The third kappa shape index (κ3) is 34.2. The van der Waals surface area contributed by atoms with Crippen LogP contribution in [-0.4, -0.2) is 36.4 Å². The minimum Gasteiger partial charge on any atom is -0.462 e. The van der Waals surface area contributed by atoms with Gasteiger partial charge < -0.3 is 14.6 Å². The summed E-state index contributed by atoms with van der Waals surface area (Å²) in [5, 5.41) is 9.53. The first kappa shape index (κ1) is 43.3. The number of esters is 2. The van der Waals surface area contributed by atoms with Crippen molar-refractivity contribution in [3.8, 4) is 0 Å². The molecule has 262 valence electrons. The Morgan fingerprint density at radius 1 is 0.522 bits per heavy atom. The fraction of sp³-hybridized carbons (Fsp3) is 0.659. The molecule has 0 saturated heterocycles. The van der Waals surface area contributed by atoms with Crippen molar-refractivity contribution in [2.24, 2.45) is 0 Å². The van der Waals surface area contributed by atoms with Gasteiger partial charge in [-0.25, -0.2) is 0 Å². The van der Waals surface area contributed by atoms with E-state index in [4.69, 9.17) is 9.47 Å². The Hall–Kier alpha value is -2.66. The molecule has 0 fully saturated rings. The SMILES string of the molecule is CC/C=C/C/C=C/C/C=C/CCCCCCCC(=O)O[C@@H](CO)COC(=O)CCCCCC/C=C/C/C=C/C/C=C/CCCCC. The minimum absolute atomic E-state index is 0.0885. The van der Waals surface area contributed by atoms with Crippen molar-refractivity contribution in [1.82, 2.24) is 0 Å². The molecule has 1 N–H and O–H groups in total. The van der Waals surface area contributed by atoms with E-state index in [1.54, 1.807) is 0 Å². The number of allylic oxidation sites excluding steroid dienone is 12. The number of carbonyl (C=O) groups excluding carboxylic acids is 2. The molecule has 0 aromatic carbocycles. The van der Waals surface area contributed by atoms with Crippen LogP contribution in [0.25, 0.3) is 0 Å². The monoisotopic (exact) mass is 641 g/mol. The van der Waals surface area contributed by atoms with Crippen LogP contribution in [0, 0.1) is 0 Å². The number of aliphatic hydroxyl groups is 1. The van der Waals surface area contributed by atoms with Gasteiger partial charge in [-0.1, -0.05) is 132 Å². The second-order valence-corrected chi connectivity index (χ2v) is 11.9. The van der Waals surface area contributed by atoms with Crippen LogP contribution in [0.2, 0.25) is 0 Å². The zero-order valence-electron chi connectivity index (χ0n) is 29.6. The van der Waals surface area contributed by atoms with Gasteiger partial charge in [0.25, 0.3) is 0 Å². The highest BCUT2D eigenvalue weighted by molar-refractivity contribution is 5.70. The van der Waals surface area contributed by atoms with Crippen LogP contribution in [-0.2, 0) is 19.1 Å². The molecule has 46 heavy (non-hydrogen) atoms. The summed E-state index contributed by atoms with van der Waals surface area (Å²) < 4.78 is 10.6. The zero-order chi connectivity index (χ0) is 33.6. The largest absolute Gasteiger partial charge is 0.462 e. The first-order chi connectivity index (χ1) is 22.6. The number of hydrogen-bond donors (Lipinski definition) is 1. The van der Waals surface area contributed by atoms with Crippen molar-refractivity contribution >= 4 is 11.9 Å². The third-order valence-electron chi connectivity index (χ3n) is 7.48. The number of carbonyl (C=O) groups is 2. The maximum atomic E-state index is 12.1. The van der Waals surface area contributed by atoms with Gasteiger partial charge in [-0.15, -0.1) is 0 Å². The molecule has 5 heteroatoms. The Balaban J connectivity index is 3.67. The maximum Gasteiger partial charge on any atom is 0.306 e. The second-order valence-electron chi connectivity index (χ2n) is 11.9. The molecule has 0 radical (unpaired) electrons. The van der Waals surface area contributed by atoms with Gasteiger partial charge in [0.05, 0.1) is 6.61 Å². The van der Waals surface area contributed by atoms with Gasteiger partial charge in [-0.2, -0.15) is 0 Å². The van der Waals surface area contributed by atoms with Crippen LogP contribution < -0.4 is 0 Å². The molecular weight excluding hydrogens is 572 g/mol. The average molecular weight is 641 g/mol. The molecule has 0 heterocycles. The fourth-order valence-corrected chi connectivity index (χ4v) is 4.69. The lowest BCUT2D eigenvalue weighted by Crippen LogP contribution is -2.28. The molecule has 1 atom stereocenters. The van der Waals surface area contributed by atoms with Crippen LogP contribution in [0.4, 0.5) is 0 Å². The van der Waals surface area contributed by atoms with E-state index in [0.29, 0.717) is 12.8 Å². The summed E-state index contributed by atoms with van der Waals surface area (Å²) in [6.45, 7) is 3.94. The molecule has 0 aliphatic carbocycles. The molecule has 0 aromatic heterocycles. The van der Waals surface area contributed by atoms with Gasteiger partial charge in [0.2, 0.25) is 0 Å². The highest BCUT2D eigenvalue weighted by Gasteiger charge is 2.16. The van der Waals surface area contributed by atoms with E-state index in [-0.39, 0.29) is 25.2 Å². The molecule has 0 bridgehead atoms. The van der Waals surface area contributed by atoms with Crippen molar-refractivity contribution in [3.05, 3.63) is 72.9 Å². The Bertz CT molecular complexity index is 864. The predicted molar refractivity (Wildman–Crippen MR) is 196 cm³/mol. The predicted octanol–water partition coefficient (Wildman–Crippen LogP) is 11.4. The third-order valence-corrected chi connectivity index (χ3v) is 7.48. The van der Waals surface area contributed by atoms with Crippen LogP contribution in [0.5, 0.6) is 0 Å². The maximum absolute atomic E-state index is 12.1. The normalized spacial score (nSPS) is 13.0. The van der Waals surface area contributed by atoms with Crippen molar-refractivity contribution in [1.29, 1.82) is 0 Å². The molecule has 0 rings (SSSR count). The van der Waals surface area contributed by atoms with Gasteiger partial charge in [-0.3, -0.25) is 9.59 Å². The zero-order valence-corrected chi connectivity index (χ0v) is 29.6. The molecular formula is C41H68O5. The van der Waals surface area contributed by atoms with Gasteiger partial charge >= 0.3 is 11.9 Å². The Morgan fingerprint density at radius 3 is 1.41 bits per heavy atom. The van der Waals surface area contributed by atoms with E-state index in [0.717, 1.165) is 103 Å². The van der Waals surface area contributed by atoms with Crippen LogP contribution in [0.3, 0.4) is 0 Å². The summed E-state index contributed by atoms with van der Waals surface area (Å²) in [4.78, 5) is 24.2. The minimum atomic E-state index is -0.792. The number of unbranched alkanes of at least 4 members (excludes halogenated alkanes) is 12. The van der Waals surface area contributed by atoms with E-state index >= 15 is 0 Å². The van der Waals surface area contributed by atoms with Gasteiger partial charge in [0.1, 0.15) is 6.61 Å². The molecule has 0 aliphatic rings. The lowest BCUT2D eigenvalue weighted by Gasteiger charge is -2.15. The van der Waals surface area contributed by atoms with E-state index in [1.807, 2.05) is 0 Å². The summed E-state index contributed by atoms with van der Waals surface area (Å²) >= 11 is 0. The van der Waals surface area contributed by atoms with Crippen LogP contribution in [0.1, 0.15) is 155 Å². The van der Waals surface area contributed by atoms with Gasteiger partial charge in [0, 0.05) is 12.8 Å². The number of hydrogen-bond acceptors (Lipinski definition) is 5. The number of aliphatic hydroxyl groups excluding tert-OH is 1. The molecule has 0 aliphatic heterocycles. The van der Waals surface area contributed by atoms with Crippen molar-refractivity contribution in [2.45, 2.75) is 161 Å². The van der Waals surface area contributed by atoms with Crippen molar-refractivity contribution in [3.63, 3.8) is 0 Å². The van der Waals surface area contributed by atoms with E-state index in [2.05, 4.69) is 86.8 Å². The van der Waals surface area contributed by atoms with E-state index < -0.39 is 6.10 Å².